The first-order valence-corrected chi connectivity index (χ1v) is 6.04. The smallest absolute Gasteiger partial charge is 0.0794 e. The molecule has 0 aliphatic carbocycles. The summed E-state index contributed by atoms with van der Waals surface area (Å²) in [6.07, 6.45) is 4.43. The van der Waals surface area contributed by atoms with Gasteiger partial charge >= 0.3 is 0 Å². The molecule has 0 fully saturated rings. The van der Waals surface area contributed by atoms with Crippen LogP contribution in [0.2, 0.25) is 0 Å². The highest BCUT2D eigenvalue weighted by atomic mass is 32.1. The lowest BCUT2D eigenvalue weighted by molar-refractivity contribution is 0.270. The molecule has 3 nitrogen and oxygen atoms in total. The number of hydrogen-bond donors (Lipinski definition) is 1. The third-order valence-corrected chi connectivity index (χ3v) is 2.90. The molecule has 1 aromatic heterocycles. The van der Waals surface area contributed by atoms with Crippen LogP contribution in [0.4, 0.5) is 0 Å². The predicted molar refractivity (Wildman–Crippen MR) is 61.4 cm³/mol. The highest BCUT2D eigenvalue weighted by Crippen LogP contribution is 2.09. The molecule has 2 N–H and O–H groups in total. The van der Waals surface area contributed by atoms with E-state index < -0.39 is 0 Å². The van der Waals surface area contributed by atoms with Crippen LogP contribution in [-0.2, 0) is 6.54 Å². The molecule has 0 aromatic carbocycles. The second-order valence-electron chi connectivity index (χ2n) is 3.39. The molecule has 14 heavy (non-hydrogen) atoms. The fourth-order valence-electron chi connectivity index (χ4n) is 1.37. The zero-order chi connectivity index (χ0) is 10.2. The third-order valence-electron chi connectivity index (χ3n) is 2.14. The minimum Gasteiger partial charge on any atom is -0.329 e. The zero-order valence-electron chi connectivity index (χ0n) is 8.78. The number of hydrogen-bond acceptors (Lipinski definition) is 4. The Hall–Kier alpha value is -0.450. The van der Waals surface area contributed by atoms with Gasteiger partial charge < -0.3 is 5.73 Å². The van der Waals surface area contributed by atoms with Crippen molar-refractivity contribution in [3.63, 3.8) is 0 Å². The molecule has 80 valence electrons. The fourth-order valence-corrected chi connectivity index (χ4v) is 2.01. The normalized spacial score (nSPS) is 11.1. The van der Waals surface area contributed by atoms with Crippen LogP contribution < -0.4 is 5.73 Å². The lowest BCUT2D eigenvalue weighted by Crippen LogP contribution is -2.29. The maximum absolute atomic E-state index is 5.58. The van der Waals surface area contributed by atoms with Crippen LogP contribution in [0.25, 0.3) is 0 Å². The molecule has 0 spiro atoms. The van der Waals surface area contributed by atoms with E-state index in [1.807, 2.05) is 11.7 Å². The molecule has 4 heteroatoms. The first-order valence-electron chi connectivity index (χ1n) is 5.16. The number of nitrogens with zero attached hydrogens (tertiary/aromatic N) is 2. The molecule has 0 aliphatic heterocycles. The minimum absolute atomic E-state index is 0.739. The van der Waals surface area contributed by atoms with Crippen LogP contribution in [0.5, 0.6) is 0 Å². The molecule has 0 amide bonds. The zero-order valence-corrected chi connectivity index (χ0v) is 9.59. The highest BCUT2D eigenvalue weighted by molar-refractivity contribution is 7.09. The molecule has 1 heterocycles. The molecule has 0 aliphatic rings. The van der Waals surface area contributed by atoms with Crippen molar-refractivity contribution in [3.8, 4) is 0 Å². The highest BCUT2D eigenvalue weighted by Gasteiger charge is 2.05. The van der Waals surface area contributed by atoms with Crippen LogP contribution >= 0.6 is 11.3 Å². The summed E-state index contributed by atoms with van der Waals surface area (Å²) in [5, 5.41) is 0. The van der Waals surface area contributed by atoms with Crippen molar-refractivity contribution in [2.45, 2.75) is 26.3 Å². The van der Waals surface area contributed by atoms with Gasteiger partial charge in [-0.3, -0.25) is 9.88 Å². The van der Waals surface area contributed by atoms with Gasteiger partial charge in [0.2, 0.25) is 0 Å². The van der Waals surface area contributed by atoms with Gasteiger partial charge in [0.25, 0.3) is 0 Å². The largest absolute Gasteiger partial charge is 0.329 e. The molecular weight excluding hydrogens is 194 g/mol. The van der Waals surface area contributed by atoms with Gasteiger partial charge in [-0.05, 0) is 13.0 Å². The number of rotatable bonds is 7. The van der Waals surface area contributed by atoms with Crippen LogP contribution in [0, 0.1) is 0 Å². The van der Waals surface area contributed by atoms with Gasteiger partial charge in [-0.15, -0.1) is 11.3 Å². The van der Waals surface area contributed by atoms with Crippen LogP contribution in [0.3, 0.4) is 0 Å². The Bertz CT molecular complexity index is 223. The number of aromatic nitrogens is 1. The lowest BCUT2D eigenvalue weighted by Gasteiger charge is -2.19. The van der Waals surface area contributed by atoms with Crippen molar-refractivity contribution in [3.05, 3.63) is 16.6 Å². The molecule has 0 saturated heterocycles. The van der Waals surface area contributed by atoms with Gasteiger partial charge in [0.1, 0.15) is 0 Å². The van der Waals surface area contributed by atoms with E-state index in [4.69, 9.17) is 5.73 Å². The number of nitrogens with two attached hydrogens (primary N) is 1. The topological polar surface area (TPSA) is 42.1 Å². The molecule has 0 atom stereocenters. The second kappa shape index (κ2) is 6.92. The Morgan fingerprint density at radius 3 is 2.93 bits per heavy atom. The summed E-state index contributed by atoms with van der Waals surface area (Å²) in [5.41, 5.74) is 7.46. The van der Waals surface area contributed by atoms with Crippen molar-refractivity contribution >= 4 is 11.3 Å². The van der Waals surface area contributed by atoms with Gasteiger partial charge in [-0.1, -0.05) is 13.3 Å². The van der Waals surface area contributed by atoms with Gasteiger partial charge in [-0.2, -0.15) is 0 Å². The first kappa shape index (κ1) is 11.6. The van der Waals surface area contributed by atoms with E-state index in [1.165, 1.54) is 17.7 Å². The maximum Gasteiger partial charge on any atom is 0.0794 e. The van der Waals surface area contributed by atoms with Gasteiger partial charge in [-0.25, -0.2) is 0 Å². The summed E-state index contributed by atoms with van der Waals surface area (Å²) in [6, 6.07) is 0. The number of thiazole rings is 1. The summed E-state index contributed by atoms with van der Waals surface area (Å²) in [6.45, 7) is 6.08. The predicted octanol–water partition coefficient (Wildman–Crippen LogP) is 1.70. The van der Waals surface area contributed by atoms with E-state index in [-0.39, 0.29) is 0 Å². The van der Waals surface area contributed by atoms with Gasteiger partial charge in [0, 0.05) is 30.7 Å². The van der Waals surface area contributed by atoms with E-state index in [0.29, 0.717) is 0 Å². The van der Waals surface area contributed by atoms with E-state index in [0.717, 1.165) is 26.2 Å². The van der Waals surface area contributed by atoms with Gasteiger partial charge in [0.05, 0.1) is 5.51 Å². The molecule has 0 unspecified atom stereocenters. The summed E-state index contributed by atoms with van der Waals surface area (Å²) < 4.78 is 0. The fraction of sp³-hybridized carbons (Fsp3) is 0.700. The quantitative estimate of drug-likeness (QED) is 0.749. The molecule has 0 saturated carbocycles. The van der Waals surface area contributed by atoms with Crippen LogP contribution in [0.15, 0.2) is 11.7 Å². The lowest BCUT2D eigenvalue weighted by atomic mass is 10.3. The van der Waals surface area contributed by atoms with E-state index in [9.17, 15) is 0 Å². The van der Waals surface area contributed by atoms with E-state index in [1.54, 1.807) is 11.3 Å². The monoisotopic (exact) mass is 213 g/mol. The van der Waals surface area contributed by atoms with E-state index in [2.05, 4.69) is 16.8 Å². The first-order chi connectivity index (χ1) is 6.86. The summed E-state index contributed by atoms with van der Waals surface area (Å²) in [7, 11) is 0. The summed E-state index contributed by atoms with van der Waals surface area (Å²) in [5.74, 6) is 0. The Morgan fingerprint density at radius 2 is 2.36 bits per heavy atom. The Morgan fingerprint density at radius 1 is 1.50 bits per heavy atom. The van der Waals surface area contributed by atoms with Crippen molar-refractivity contribution in [2.24, 2.45) is 5.73 Å². The Kier molecular flexibility index (Phi) is 5.75. The standard InChI is InChI=1S/C10H19N3S/c1-2-3-5-13(6-4-11)8-10-7-12-9-14-10/h7,9H,2-6,8,11H2,1H3. The minimum atomic E-state index is 0.739. The summed E-state index contributed by atoms with van der Waals surface area (Å²) in [4.78, 5) is 7.80. The average molecular weight is 213 g/mol. The summed E-state index contributed by atoms with van der Waals surface area (Å²) >= 11 is 1.72. The van der Waals surface area contributed by atoms with Crippen molar-refractivity contribution in [2.75, 3.05) is 19.6 Å². The number of unbranched alkanes of at least 4 members (excludes halogenated alkanes) is 1. The molecule has 1 aromatic rings. The Labute approximate surface area is 89.9 Å². The van der Waals surface area contributed by atoms with E-state index >= 15 is 0 Å². The van der Waals surface area contributed by atoms with Gasteiger partial charge in [0.15, 0.2) is 0 Å². The Balaban J connectivity index is 2.34. The molecular formula is C10H19N3S. The van der Waals surface area contributed by atoms with Crippen molar-refractivity contribution < 1.29 is 0 Å². The third kappa shape index (κ3) is 4.17. The average Bonchev–Trinajstić information content (AvgIpc) is 2.67. The molecule has 1 rings (SSSR count). The molecule has 0 bridgehead atoms. The molecule has 0 radical (unpaired) electrons. The van der Waals surface area contributed by atoms with Crippen molar-refractivity contribution in [1.29, 1.82) is 0 Å². The maximum atomic E-state index is 5.58. The second-order valence-corrected chi connectivity index (χ2v) is 4.36. The SMILES string of the molecule is CCCCN(CCN)Cc1cncs1. The van der Waals surface area contributed by atoms with Crippen LogP contribution in [0.1, 0.15) is 24.6 Å². The van der Waals surface area contributed by atoms with Crippen LogP contribution in [-0.4, -0.2) is 29.5 Å². The van der Waals surface area contributed by atoms with Crippen molar-refractivity contribution in [1.82, 2.24) is 9.88 Å².